The van der Waals surface area contributed by atoms with Gasteiger partial charge in [-0.05, 0) is 0 Å². The van der Waals surface area contributed by atoms with Crippen LogP contribution < -0.4 is 0 Å². The Morgan fingerprint density at radius 2 is 2.31 bits per heavy atom. The maximum Gasteiger partial charge on any atom is 0.313 e. The van der Waals surface area contributed by atoms with Crippen LogP contribution in [-0.4, -0.2) is 26.8 Å². The highest BCUT2D eigenvalue weighted by atomic mass is 32.2. The monoisotopic (exact) mass is 195 g/mol. The van der Waals surface area contributed by atoms with Crippen molar-refractivity contribution in [3.05, 3.63) is 18.1 Å². The lowest BCUT2D eigenvalue weighted by molar-refractivity contribution is -0.133. The summed E-state index contributed by atoms with van der Waals surface area (Å²) in [6.07, 6.45) is 2.81. The van der Waals surface area contributed by atoms with Crippen molar-refractivity contribution in [2.24, 2.45) is 0 Å². The molecule has 66 valence electrons. The molecule has 1 heterocycles. The van der Waals surface area contributed by atoms with Gasteiger partial charge in [0.05, 0.1) is 5.75 Å². The molecule has 0 saturated heterocycles. The summed E-state index contributed by atoms with van der Waals surface area (Å²) < 4.78 is 0. The number of hydrogen-bond donors (Lipinski definition) is 1. The molecule has 0 atom stereocenters. The van der Waals surface area contributed by atoms with Crippen molar-refractivity contribution in [1.82, 2.24) is 9.97 Å². The maximum atomic E-state index is 10.2. The highest BCUT2D eigenvalue weighted by Crippen LogP contribution is 2.16. The standard InChI is InChI=1S/C7H5N3O2S/c8-3-5-7(10-2-1-9-5)13-4-6(11)12/h1-2H,4H2,(H,11,12). The van der Waals surface area contributed by atoms with Crippen LogP contribution in [0.1, 0.15) is 5.69 Å². The first-order valence-electron chi connectivity index (χ1n) is 3.29. The number of aliphatic carboxylic acids is 1. The van der Waals surface area contributed by atoms with Crippen molar-refractivity contribution in [1.29, 1.82) is 5.26 Å². The quantitative estimate of drug-likeness (QED) is 0.707. The largest absolute Gasteiger partial charge is 0.481 e. The molecule has 1 N–H and O–H groups in total. The fraction of sp³-hybridized carbons (Fsp3) is 0.143. The van der Waals surface area contributed by atoms with E-state index in [4.69, 9.17) is 10.4 Å². The lowest BCUT2D eigenvalue weighted by Crippen LogP contribution is -1.99. The third kappa shape index (κ3) is 2.72. The van der Waals surface area contributed by atoms with Gasteiger partial charge < -0.3 is 5.11 Å². The first-order chi connectivity index (χ1) is 6.24. The van der Waals surface area contributed by atoms with Gasteiger partial charge in [0.25, 0.3) is 0 Å². The summed E-state index contributed by atoms with van der Waals surface area (Å²) in [6, 6.07) is 1.83. The number of aromatic nitrogens is 2. The lowest BCUT2D eigenvalue weighted by Gasteiger charge is -1.97. The zero-order chi connectivity index (χ0) is 9.68. The Kier molecular flexibility index (Phi) is 3.23. The highest BCUT2D eigenvalue weighted by Gasteiger charge is 2.06. The van der Waals surface area contributed by atoms with Crippen LogP contribution in [0.4, 0.5) is 0 Å². The smallest absolute Gasteiger partial charge is 0.313 e. The van der Waals surface area contributed by atoms with Crippen molar-refractivity contribution < 1.29 is 9.90 Å². The number of thioether (sulfide) groups is 1. The average molecular weight is 195 g/mol. The second kappa shape index (κ2) is 4.42. The van der Waals surface area contributed by atoms with E-state index in [0.29, 0.717) is 5.03 Å². The molecule has 0 spiro atoms. The minimum atomic E-state index is -0.945. The van der Waals surface area contributed by atoms with E-state index in [9.17, 15) is 4.79 Å². The van der Waals surface area contributed by atoms with E-state index in [1.54, 1.807) is 0 Å². The van der Waals surface area contributed by atoms with Gasteiger partial charge in [0.1, 0.15) is 11.1 Å². The molecule has 0 aliphatic carbocycles. The summed E-state index contributed by atoms with van der Waals surface area (Å²) in [5.41, 5.74) is 0.161. The summed E-state index contributed by atoms with van der Waals surface area (Å²) in [4.78, 5) is 17.8. The van der Waals surface area contributed by atoms with Gasteiger partial charge in [-0.3, -0.25) is 4.79 Å². The topological polar surface area (TPSA) is 86.9 Å². The van der Waals surface area contributed by atoms with E-state index in [0.717, 1.165) is 11.8 Å². The van der Waals surface area contributed by atoms with E-state index < -0.39 is 5.97 Å². The molecule has 0 unspecified atom stereocenters. The summed E-state index contributed by atoms with van der Waals surface area (Å²) in [5, 5.41) is 17.3. The molecule has 0 aliphatic rings. The molecule has 0 fully saturated rings. The molecule has 1 aromatic heterocycles. The Balaban J connectivity index is 2.77. The molecule has 0 bridgehead atoms. The molecule has 1 rings (SSSR count). The fourth-order valence-electron chi connectivity index (χ4n) is 0.638. The van der Waals surface area contributed by atoms with Gasteiger partial charge in [0, 0.05) is 12.4 Å². The number of hydrogen-bond acceptors (Lipinski definition) is 5. The van der Waals surface area contributed by atoms with Crippen molar-refractivity contribution >= 4 is 17.7 Å². The molecule has 0 saturated carbocycles. The van der Waals surface area contributed by atoms with Gasteiger partial charge in [0.15, 0.2) is 5.69 Å². The van der Waals surface area contributed by atoms with Gasteiger partial charge in [-0.15, -0.1) is 0 Å². The lowest BCUT2D eigenvalue weighted by atomic mass is 10.5. The maximum absolute atomic E-state index is 10.2. The van der Waals surface area contributed by atoms with E-state index in [2.05, 4.69) is 9.97 Å². The predicted molar refractivity (Wildman–Crippen MR) is 45.1 cm³/mol. The molecule has 0 aromatic carbocycles. The van der Waals surface area contributed by atoms with Gasteiger partial charge in [0.2, 0.25) is 0 Å². The summed E-state index contributed by atoms with van der Waals surface area (Å²) in [7, 11) is 0. The van der Waals surface area contributed by atoms with E-state index in [1.807, 2.05) is 6.07 Å². The zero-order valence-corrected chi connectivity index (χ0v) is 7.28. The molecule has 5 nitrogen and oxygen atoms in total. The molecule has 13 heavy (non-hydrogen) atoms. The Morgan fingerprint density at radius 3 is 2.92 bits per heavy atom. The van der Waals surface area contributed by atoms with E-state index in [-0.39, 0.29) is 11.4 Å². The molecular weight excluding hydrogens is 190 g/mol. The molecule has 6 heteroatoms. The molecule has 1 aromatic rings. The number of rotatable bonds is 3. The van der Waals surface area contributed by atoms with Crippen LogP contribution in [0.25, 0.3) is 0 Å². The minimum absolute atomic E-state index is 0.118. The first-order valence-corrected chi connectivity index (χ1v) is 4.28. The van der Waals surface area contributed by atoms with Crippen LogP contribution in [-0.2, 0) is 4.79 Å². The van der Waals surface area contributed by atoms with Gasteiger partial charge in [-0.1, -0.05) is 11.8 Å². The van der Waals surface area contributed by atoms with Gasteiger partial charge in [-0.2, -0.15) is 5.26 Å². The zero-order valence-electron chi connectivity index (χ0n) is 6.47. The second-order valence-electron chi connectivity index (χ2n) is 2.00. The normalized spacial score (nSPS) is 9.15. The Hall–Kier alpha value is -1.61. The van der Waals surface area contributed by atoms with Crippen molar-refractivity contribution in [2.75, 3.05) is 5.75 Å². The number of carboxylic acids is 1. The Labute approximate surface area is 78.4 Å². The van der Waals surface area contributed by atoms with Crippen LogP contribution in [0.5, 0.6) is 0 Å². The number of carboxylic acid groups (broad SMARTS) is 1. The second-order valence-corrected chi connectivity index (χ2v) is 2.97. The number of carbonyl (C=O) groups is 1. The van der Waals surface area contributed by atoms with Gasteiger partial charge in [-0.25, -0.2) is 9.97 Å². The van der Waals surface area contributed by atoms with Crippen molar-refractivity contribution in [3.63, 3.8) is 0 Å². The van der Waals surface area contributed by atoms with Crippen LogP contribution in [0, 0.1) is 11.3 Å². The SMILES string of the molecule is N#Cc1nccnc1SCC(=O)O. The van der Waals surface area contributed by atoms with Crippen LogP contribution >= 0.6 is 11.8 Å². The van der Waals surface area contributed by atoms with Crippen LogP contribution in [0.3, 0.4) is 0 Å². The van der Waals surface area contributed by atoms with Crippen molar-refractivity contribution in [2.45, 2.75) is 5.03 Å². The van der Waals surface area contributed by atoms with Crippen molar-refractivity contribution in [3.8, 4) is 6.07 Å². The summed E-state index contributed by atoms with van der Waals surface area (Å²) in [6.45, 7) is 0. The fourth-order valence-corrected chi connectivity index (χ4v) is 1.27. The highest BCUT2D eigenvalue weighted by molar-refractivity contribution is 7.99. The molecular formula is C7H5N3O2S. The van der Waals surface area contributed by atoms with Crippen LogP contribution in [0.2, 0.25) is 0 Å². The number of nitriles is 1. The minimum Gasteiger partial charge on any atom is -0.481 e. The predicted octanol–water partition coefficient (Wildman–Crippen LogP) is 0.525. The Morgan fingerprint density at radius 1 is 1.62 bits per heavy atom. The average Bonchev–Trinajstić information content (AvgIpc) is 2.15. The molecule has 0 aliphatic heterocycles. The van der Waals surface area contributed by atoms with E-state index in [1.165, 1.54) is 12.4 Å². The van der Waals surface area contributed by atoms with E-state index >= 15 is 0 Å². The van der Waals surface area contributed by atoms with Gasteiger partial charge >= 0.3 is 5.97 Å². The first kappa shape index (κ1) is 9.48. The molecule has 0 amide bonds. The third-order valence-electron chi connectivity index (χ3n) is 1.10. The third-order valence-corrected chi connectivity index (χ3v) is 2.07. The summed E-state index contributed by atoms with van der Waals surface area (Å²) >= 11 is 0.984. The Bertz CT molecular complexity index is 361. The van der Waals surface area contributed by atoms with Crippen LogP contribution in [0.15, 0.2) is 17.4 Å². The molecule has 0 radical (unpaired) electrons. The summed E-state index contributed by atoms with van der Waals surface area (Å²) in [5.74, 6) is -1.06. The number of nitrogens with zero attached hydrogens (tertiary/aromatic N) is 3.